The summed E-state index contributed by atoms with van der Waals surface area (Å²) >= 11 is 2.76. The van der Waals surface area contributed by atoms with Gasteiger partial charge in [-0.15, -0.1) is 11.8 Å². The van der Waals surface area contributed by atoms with Crippen LogP contribution in [-0.2, 0) is 19.2 Å². The maximum atomic E-state index is 11.9. The zero-order valence-electron chi connectivity index (χ0n) is 12.6. The van der Waals surface area contributed by atoms with Crippen molar-refractivity contribution in [3.63, 3.8) is 0 Å². The molecular weight excluding hydrogens is 356 g/mol. The lowest BCUT2D eigenvalue weighted by atomic mass is 9.72. The van der Waals surface area contributed by atoms with E-state index >= 15 is 0 Å². The molecule has 1 saturated carbocycles. The van der Waals surface area contributed by atoms with Gasteiger partial charge in [0.15, 0.2) is 5.78 Å². The first kappa shape index (κ1) is 17.3. The molecule has 0 spiro atoms. The molecule has 0 radical (unpaired) electrons. The molecule has 2 fully saturated rings. The van der Waals surface area contributed by atoms with E-state index in [-0.39, 0.29) is 16.6 Å². The molecule has 0 unspecified atom stereocenters. The third-order valence-electron chi connectivity index (χ3n) is 4.20. The van der Waals surface area contributed by atoms with Gasteiger partial charge in [-0.3, -0.25) is 19.8 Å². The molecular formula is C13H16N4O5S2. The van der Waals surface area contributed by atoms with E-state index in [0.29, 0.717) is 17.1 Å². The average molecular weight is 372 g/mol. The maximum Gasteiger partial charge on any atom is 0.332 e. The molecule has 5 N–H and O–H groups in total. The summed E-state index contributed by atoms with van der Waals surface area (Å²) in [5.41, 5.74) is 8.40. The molecule has 11 heteroatoms. The summed E-state index contributed by atoms with van der Waals surface area (Å²) < 4.78 is 0. The standard InChI is InChI=1S/C13H16N4O5S2/c1-17-13(15-10(19)11(20)16-17)24-3-4-2-23-9-6(5(4)12(21)22)8(18)7(9)14/h6-7,9,13H,2-3,14H2,1H3,(H,15,19)(H,16,20)(H,21,22)/t6-,7+,9-,13+/m1/s1. The summed E-state index contributed by atoms with van der Waals surface area (Å²) in [6, 6.07) is -0.595. The monoisotopic (exact) mass is 372 g/mol. The second-order valence-corrected chi connectivity index (χ2v) is 7.93. The topological polar surface area (TPSA) is 142 Å². The van der Waals surface area contributed by atoms with Gasteiger partial charge in [0.25, 0.3) is 0 Å². The minimum atomic E-state index is -1.10. The van der Waals surface area contributed by atoms with Gasteiger partial charge in [0.05, 0.1) is 12.0 Å². The predicted octanol–water partition coefficient (Wildman–Crippen LogP) is -1.88. The molecule has 3 aliphatic rings. The van der Waals surface area contributed by atoms with Crippen LogP contribution >= 0.6 is 23.5 Å². The van der Waals surface area contributed by atoms with E-state index in [4.69, 9.17) is 5.73 Å². The highest BCUT2D eigenvalue weighted by atomic mass is 32.2. The van der Waals surface area contributed by atoms with Gasteiger partial charge in [0, 0.05) is 29.4 Å². The minimum Gasteiger partial charge on any atom is -0.478 e. The van der Waals surface area contributed by atoms with Crippen molar-refractivity contribution in [3.05, 3.63) is 11.1 Å². The number of hydrogen-bond acceptors (Lipinski definition) is 8. The first-order valence-electron chi connectivity index (χ1n) is 7.13. The lowest BCUT2D eigenvalue weighted by Crippen LogP contribution is -2.63. The number of hydrogen-bond donors (Lipinski definition) is 4. The van der Waals surface area contributed by atoms with Gasteiger partial charge in [0.1, 0.15) is 5.50 Å². The van der Waals surface area contributed by atoms with Crippen molar-refractivity contribution in [3.8, 4) is 0 Å². The van der Waals surface area contributed by atoms with E-state index in [1.807, 2.05) is 0 Å². The SMILES string of the molecule is CN1NC(=O)C(=O)N[C@@H]1SCC1=C(C(=O)O)[C@@H]2C(=O)[C@H](N)[C@@H]2SC1. The summed E-state index contributed by atoms with van der Waals surface area (Å²) in [5, 5.41) is 13.3. The van der Waals surface area contributed by atoms with Crippen LogP contribution in [0.5, 0.6) is 0 Å². The average Bonchev–Trinajstić information content (AvgIpc) is 2.55. The van der Waals surface area contributed by atoms with E-state index in [9.17, 15) is 24.3 Å². The van der Waals surface area contributed by atoms with Gasteiger partial charge < -0.3 is 16.2 Å². The Labute approximate surface area is 145 Å². The van der Waals surface area contributed by atoms with Crippen LogP contribution in [-0.4, -0.2) is 69.0 Å². The highest BCUT2D eigenvalue weighted by Gasteiger charge is 2.54. The second-order valence-electron chi connectivity index (χ2n) is 5.69. The largest absolute Gasteiger partial charge is 0.478 e. The zero-order valence-corrected chi connectivity index (χ0v) is 14.3. The molecule has 2 heterocycles. The van der Waals surface area contributed by atoms with Gasteiger partial charge in [-0.2, -0.15) is 16.8 Å². The highest BCUT2D eigenvalue weighted by molar-refractivity contribution is 8.01. The van der Waals surface area contributed by atoms with Crippen molar-refractivity contribution in [2.75, 3.05) is 18.6 Å². The van der Waals surface area contributed by atoms with Crippen molar-refractivity contribution >= 4 is 47.1 Å². The molecule has 0 aromatic heterocycles. The molecule has 1 saturated heterocycles. The van der Waals surface area contributed by atoms with E-state index in [1.54, 1.807) is 7.05 Å². The van der Waals surface area contributed by atoms with Crippen molar-refractivity contribution in [1.82, 2.24) is 15.8 Å². The maximum absolute atomic E-state index is 11.9. The van der Waals surface area contributed by atoms with Crippen LogP contribution < -0.4 is 16.5 Å². The highest BCUT2D eigenvalue weighted by Crippen LogP contribution is 2.45. The normalized spacial score (nSPS) is 33.5. The van der Waals surface area contributed by atoms with E-state index in [2.05, 4.69) is 10.7 Å². The van der Waals surface area contributed by atoms with E-state index in [0.717, 1.165) is 0 Å². The number of fused-ring (bicyclic) bond motifs is 1. The number of carbonyl (C=O) groups is 4. The summed E-state index contributed by atoms with van der Waals surface area (Å²) in [6.45, 7) is 0. The number of ketones is 1. The van der Waals surface area contributed by atoms with Gasteiger partial charge in [0.2, 0.25) is 0 Å². The van der Waals surface area contributed by atoms with Crippen LogP contribution in [0.15, 0.2) is 11.1 Å². The van der Waals surface area contributed by atoms with Crippen LogP contribution in [0.3, 0.4) is 0 Å². The number of hydrazine groups is 1. The van der Waals surface area contributed by atoms with Crippen LogP contribution in [0.25, 0.3) is 0 Å². The number of carboxylic acid groups (broad SMARTS) is 1. The Morgan fingerprint density at radius 3 is 2.79 bits per heavy atom. The molecule has 0 bridgehead atoms. The fourth-order valence-electron chi connectivity index (χ4n) is 2.90. The zero-order chi connectivity index (χ0) is 17.6. The summed E-state index contributed by atoms with van der Waals surface area (Å²) in [6.07, 6.45) is 0. The third-order valence-corrected chi connectivity index (χ3v) is 6.93. The molecule has 0 aromatic carbocycles. The Bertz CT molecular complexity index is 667. The number of nitrogens with one attached hydrogen (secondary N) is 2. The first-order valence-corrected chi connectivity index (χ1v) is 9.23. The minimum absolute atomic E-state index is 0.131. The van der Waals surface area contributed by atoms with Crippen LogP contribution in [0.2, 0.25) is 0 Å². The first-order chi connectivity index (χ1) is 11.3. The Morgan fingerprint density at radius 1 is 1.42 bits per heavy atom. The number of carboxylic acids is 1. The number of rotatable bonds is 4. The summed E-state index contributed by atoms with van der Waals surface area (Å²) in [7, 11) is 1.60. The van der Waals surface area contributed by atoms with Crippen LogP contribution in [0.4, 0.5) is 0 Å². The molecule has 1 aliphatic carbocycles. The molecule has 0 aromatic rings. The lowest BCUT2D eigenvalue weighted by Gasteiger charge is -2.44. The second kappa shape index (κ2) is 6.39. The molecule has 9 nitrogen and oxygen atoms in total. The molecule has 3 rings (SSSR count). The van der Waals surface area contributed by atoms with Gasteiger partial charge in [-0.1, -0.05) is 0 Å². The Morgan fingerprint density at radius 2 is 2.12 bits per heavy atom. The number of thioether (sulfide) groups is 2. The molecule has 2 amide bonds. The predicted molar refractivity (Wildman–Crippen MR) is 87.7 cm³/mol. The van der Waals surface area contributed by atoms with E-state index in [1.165, 1.54) is 28.5 Å². The Hall–Kier alpha value is -1.56. The smallest absolute Gasteiger partial charge is 0.332 e. The molecule has 130 valence electrons. The quantitative estimate of drug-likeness (QED) is 0.417. The lowest BCUT2D eigenvalue weighted by molar-refractivity contribution is -0.146. The summed E-state index contributed by atoms with van der Waals surface area (Å²) in [5.74, 6) is -2.66. The fourth-order valence-corrected chi connectivity index (χ4v) is 5.57. The third kappa shape index (κ3) is 2.81. The number of nitrogens with zero attached hydrogens (tertiary/aromatic N) is 1. The Kier molecular flexibility index (Phi) is 4.60. The van der Waals surface area contributed by atoms with Crippen LogP contribution in [0, 0.1) is 5.92 Å². The van der Waals surface area contributed by atoms with Crippen molar-refractivity contribution in [2.45, 2.75) is 16.8 Å². The van der Waals surface area contributed by atoms with Gasteiger partial charge in [-0.05, 0) is 5.57 Å². The number of nitrogens with two attached hydrogens (primary N) is 1. The van der Waals surface area contributed by atoms with Crippen molar-refractivity contribution in [1.29, 1.82) is 0 Å². The summed E-state index contributed by atoms with van der Waals surface area (Å²) in [4.78, 5) is 46.2. The van der Waals surface area contributed by atoms with Crippen LogP contribution in [0.1, 0.15) is 0 Å². The fraction of sp³-hybridized carbons (Fsp3) is 0.538. The molecule has 24 heavy (non-hydrogen) atoms. The number of carbonyl (C=O) groups excluding carboxylic acids is 3. The van der Waals surface area contributed by atoms with Crippen molar-refractivity contribution in [2.24, 2.45) is 11.7 Å². The number of aliphatic carboxylic acids is 1. The molecule has 2 aliphatic heterocycles. The van der Waals surface area contributed by atoms with E-state index < -0.39 is 35.2 Å². The number of Topliss-reactive ketones (excluding diaryl/α,β-unsaturated/α-hetero) is 1. The molecule has 4 atom stereocenters. The van der Waals surface area contributed by atoms with Gasteiger partial charge in [-0.25, -0.2) is 4.79 Å². The number of amides is 2. The van der Waals surface area contributed by atoms with Crippen molar-refractivity contribution < 1.29 is 24.3 Å². The van der Waals surface area contributed by atoms with Gasteiger partial charge >= 0.3 is 17.8 Å². The Balaban J connectivity index is 1.73.